The van der Waals surface area contributed by atoms with E-state index in [0.29, 0.717) is 12.1 Å². The maximum Gasteiger partial charge on any atom is 0.0859 e. The molecule has 0 amide bonds. The Morgan fingerprint density at radius 3 is 3.24 bits per heavy atom. The number of hydrogen-bond acceptors (Lipinski definition) is 4. The molecule has 116 valence electrons. The monoisotopic (exact) mass is 289 g/mol. The lowest BCUT2D eigenvalue weighted by Crippen LogP contribution is -2.55. The van der Waals surface area contributed by atoms with Crippen LogP contribution in [0.25, 0.3) is 0 Å². The van der Waals surface area contributed by atoms with E-state index in [9.17, 15) is 0 Å². The Kier molecular flexibility index (Phi) is 5.22. The van der Waals surface area contributed by atoms with Crippen molar-refractivity contribution in [2.45, 2.75) is 50.8 Å². The van der Waals surface area contributed by atoms with Gasteiger partial charge in [-0.3, -0.25) is 9.88 Å². The van der Waals surface area contributed by atoms with Crippen LogP contribution in [-0.2, 0) is 11.2 Å². The van der Waals surface area contributed by atoms with Gasteiger partial charge in [0, 0.05) is 36.9 Å². The Bertz CT molecular complexity index is 425. The molecule has 0 aromatic carbocycles. The first-order chi connectivity index (χ1) is 10.4. The van der Waals surface area contributed by atoms with Crippen LogP contribution in [-0.4, -0.2) is 54.3 Å². The Morgan fingerprint density at radius 1 is 1.48 bits per heavy atom. The van der Waals surface area contributed by atoms with E-state index < -0.39 is 0 Å². The molecule has 1 aromatic heterocycles. The van der Waals surface area contributed by atoms with Gasteiger partial charge >= 0.3 is 0 Å². The molecule has 2 aliphatic rings. The number of rotatable bonds is 6. The summed E-state index contributed by atoms with van der Waals surface area (Å²) in [6, 6.07) is 7.19. The van der Waals surface area contributed by atoms with Crippen LogP contribution in [0.15, 0.2) is 24.4 Å². The third-order valence-electron chi connectivity index (χ3n) is 4.68. The molecule has 1 aromatic rings. The summed E-state index contributed by atoms with van der Waals surface area (Å²) in [5, 5.41) is 3.68. The zero-order chi connectivity index (χ0) is 14.5. The van der Waals surface area contributed by atoms with Crippen molar-refractivity contribution in [3.8, 4) is 0 Å². The van der Waals surface area contributed by atoms with Gasteiger partial charge in [0.1, 0.15) is 0 Å². The average Bonchev–Trinajstić information content (AvgIpc) is 3.00. The van der Waals surface area contributed by atoms with Crippen LogP contribution < -0.4 is 5.32 Å². The summed E-state index contributed by atoms with van der Waals surface area (Å²) in [6.07, 6.45) is 6.90. The first-order valence-electron chi connectivity index (χ1n) is 8.35. The van der Waals surface area contributed by atoms with E-state index >= 15 is 0 Å². The molecule has 3 unspecified atom stereocenters. The Hall–Kier alpha value is -0.970. The molecule has 0 spiro atoms. The second kappa shape index (κ2) is 7.34. The van der Waals surface area contributed by atoms with Gasteiger partial charge in [-0.15, -0.1) is 0 Å². The van der Waals surface area contributed by atoms with Gasteiger partial charge in [0.2, 0.25) is 0 Å². The highest BCUT2D eigenvalue weighted by atomic mass is 16.5. The largest absolute Gasteiger partial charge is 0.374 e. The summed E-state index contributed by atoms with van der Waals surface area (Å²) in [5.41, 5.74) is 1.15. The third kappa shape index (κ3) is 3.82. The highest BCUT2D eigenvalue weighted by Crippen LogP contribution is 2.24. The zero-order valence-corrected chi connectivity index (χ0v) is 13.0. The molecule has 2 aliphatic heterocycles. The van der Waals surface area contributed by atoms with E-state index in [1.165, 1.54) is 19.4 Å². The van der Waals surface area contributed by atoms with Crippen LogP contribution in [0, 0.1) is 0 Å². The van der Waals surface area contributed by atoms with Gasteiger partial charge in [-0.1, -0.05) is 13.0 Å². The molecule has 0 radical (unpaired) electrons. The van der Waals surface area contributed by atoms with Crippen LogP contribution in [0.4, 0.5) is 0 Å². The summed E-state index contributed by atoms with van der Waals surface area (Å²) < 4.78 is 6.19. The minimum atomic E-state index is 0.285. The number of nitrogens with zero attached hydrogens (tertiary/aromatic N) is 2. The molecule has 3 rings (SSSR count). The van der Waals surface area contributed by atoms with Crippen molar-refractivity contribution in [2.24, 2.45) is 0 Å². The van der Waals surface area contributed by atoms with Gasteiger partial charge in [0.05, 0.1) is 12.7 Å². The first-order valence-corrected chi connectivity index (χ1v) is 8.35. The number of hydrogen-bond donors (Lipinski definition) is 1. The summed E-state index contributed by atoms with van der Waals surface area (Å²) in [7, 11) is 0. The fourth-order valence-corrected chi connectivity index (χ4v) is 3.50. The standard InChI is InChI=1S/C17H27N3O/c1-2-8-19-16(11-14-6-3-4-9-18-14)17-12-20-10-5-7-15(20)13-21-17/h3-4,6,9,15-17,19H,2,5,7-8,10-13H2,1H3. The second-order valence-corrected chi connectivity index (χ2v) is 6.25. The molecule has 4 heteroatoms. The molecular weight excluding hydrogens is 262 g/mol. The topological polar surface area (TPSA) is 37.4 Å². The van der Waals surface area contributed by atoms with E-state index in [0.717, 1.165) is 38.2 Å². The molecule has 2 fully saturated rings. The second-order valence-electron chi connectivity index (χ2n) is 6.25. The van der Waals surface area contributed by atoms with Crippen LogP contribution in [0.1, 0.15) is 31.9 Å². The number of aromatic nitrogens is 1. The summed E-state index contributed by atoms with van der Waals surface area (Å²) in [4.78, 5) is 7.10. The molecule has 2 saturated heterocycles. The van der Waals surface area contributed by atoms with E-state index in [1.807, 2.05) is 12.3 Å². The molecular formula is C17H27N3O. The molecule has 3 atom stereocenters. The number of pyridine rings is 1. The van der Waals surface area contributed by atoms with Crippen molar-refractivity contribution < 1.29 is 4.74 Å². The fourth-order valence-electron chi connectivity index (χ4n) is 3.50. The highest BCUT2D eigenvalue weighted by molar-refractivity contribution is 5.06. The average molecular weight is 289 g/mol. The van der Waals surface area contributed by atoms with Crippen molar-refractivity contribution in [3.63, 3.8) is 0 Å². The van der Waals surface area contributed by atoms with Crippen molar-refractivity contribution in [3.05, 3.63) is 30.1 Å². The Balaban J connectivity index is 1.63. The van der Waals surface area contributed by atoms with Crippen LogP contribution in [0.3, 0.4) is 0 Å². The zero-order valence-electron chi connectivity index (χ0n) is 13.0. The number of morpholine rings is 1. The van der Waals surface area contributed by atoms with Crippen molar-refractivity contribution in [1.82, 2.24) is 15.2 Å². The minimum absolute atomic E-state index is 0.285. The molecule has 0 aliphatic carbocycles. The summed E-state index contributed by atoms with van der Waals surface area (Å²) in [6.45, 7) is 6.47. The van der Waals surface area contributed by atoms with Gasteiger partial charge in [0.25, 0.3) is 0 Å². The number of ether oxygens (including phenoxy) is 1. The predicted molar refractivity (Wildman–Crippen MR) is 84.4 cm³/mol. The molecule has 1 N–H and O–H groups in total. The third-order valence-corrected chi connectivity index (χ3v) is 4.68. The Labute approximate surface area is 127 Å². The van der Waals surface area contributed by atoms with E-state index in [4.69, 9.17) is 4.74 Å². The fraction of sp³-hybridized carbons (Fsp3) is 0.706. The molecule has 21 heavy (non-hydrogen) atoms. The van der Waals surface area contributed by atoms with Gasteiger partial charge in [-0.25, -0.2) is 0 Å². The molecule has 4 nitrogen and oxygen atoms in total. The molecule has 0 saturated carbocycles. The van der Waals surface area contributed by atoms with E-state index in [2.05, 4.69) is 34.3 Å². The lowest BCUT2D eigenvalue weighted by Gasteiger charge is -2.39. The summed E-state index contributed by atoms with van der Waals surface area (Å²) >= 11 is 0. The van der Waals surface area contributed by atoms with E-state index in [1.54, 1.807) is 0 Å². The van der Waals surface area contributed by atoms with Gasteiger partial charge < -0.3 is 10.1 Å². The first kappa shape index (κ1) is 14.9. The summed E-state index contributed by atoms with van der Waals surface area (Å²) in [5.74, 6) is 0. The van der Waals surface area contributed by atoms with Crippen molar-refractivity contribution in [1.29, 1.82) is 0 Å². The normalized spacial score (nSPS) is 27.5. The van der Waals surface area contributed by atoms with Crippen molar-refractivity contribution >= 4 is 0 Å². The predicted octanol–water partition coefficient (Wildman–Crippen LogP) is 1.86. The smallest absolute Gasteiger partial charge is 0.0859 e. The Morgan fingerprint density at radius 2 is 2.43 bits per heavy atom. The molecule has 3 heterocycles. The highest BCUT2D eigenvalue weighted by Gasteiger charge is 2.35. The quantitative estimate of drug-likeness (QED) is 0.867. The maximum atomic E-state index is 6.19. The minimum Gasteiger partial charge on any atom is -0.374 e. The van der Waals surface area contributed by atoms with Crippen LogP contribution in [0.2, 0.25) is 0 Å². The van der Waals surface area contributed by atoms with Crippen LogP contribution >= 0.6 is 0 Å². The van der Waals surface area contributed by atoms with Gasteiger partial charge in [0.15, 0.2) is 0 Å². The van der Waals surface area contributed by atoms with Gasteiger partial charge in [-0.05, 0) is 44.5 Å². The molecule has 0 bridgehead atoms. The SMILES string of the molecule is CCCNC(Cc1ccccn1)C1CN2CCCC2CO1. The number of nitrogens with one attached hydrogen (secondary N) is 1. The van der Waals surface area contributed by atoms with Crippen LogP contribution in [0.5, 0.6) is 0 Å². The number of fused-ring (bicyclic) bond motifs is 1. The van der Waals surface area contributed by atoms with E-state index in [-0.39, 0.29) is 6.10 Å². The maximum absolute atomic E-state index is 6.19. The lowest BCUT2D eigenvalue weighted by molar-refractivity contribution is -0.0644. The van der Waals surface area contributed by atoms with Gasteiger partial charge in [-0.2, -0.15) is 0 Å². The van der Waals surface area contributed by atoms with Crippen molar-refractivity contribution in [2.75, 3.05) is 26.2 Å². The lowest BCUT2D eigenvalue weighted by atomic mass is 10.0.